The Labute approximate surface area is 150 Å². The zero-order valence-corrected chi connectivity index (χ0v) is 16.2. The average molecular weight is 349 g/mol. The normalized spacial score (nSPS) is 22.5. The van der Waals surface area contributed by atoms with E-state index in [1.165, 1.54) is 13.5 Å². The van der Waals surface area contributed by atoms with E-state index in [4.69, 9.17) is 4.74 Å². The number of methoxy groups -OCH3 is 1. The first kappa shape index (κ1) is 19.5. The van der Waals surface area contributed by atoms with Crippen molar-refractivity contribution in [2.45, 2.75) is 47.1 Å². The van der Waals surface area contributed by atoms with E-state index in [0.717, 1.165) is 19.6 Å². The molecule has 3 atom stereocenters. The lowest BCUT2D eigenvalue weighted by molar-refractivity contribution is 0.0599. The third-order valence-electron chi connectivity index (χ3n) is 4.91. The molecular formula is C19H31N3O3. The number of aryl methyl sites for hydroxylation is 1. The van der Waals surface area contributed by atoms with Crippen LogP contribution in [0.3, 0.4) is 0 Å². The lowest BCUT2D eigenvalue weighted by Crippen LogP contribution is -2.47. The molecule has 0 aromatic carbocycles. The topological polar surface area (TPSA) is 74.4 Å². The molecule has 1 aromatic heterocycles. The second-order valence-electron chi connectivity index (χ2n) is 7.66. The first-order valence-corrected chi connectivity index (χ1v) is 9.03. The third-order valence-corrected chi connectivity index (χ3v) is 4.91. The minimum Gasteiger partial charge on any atom is -0.465 e. The van der Waals surface area contributed by atoms with Gasteiger partial charge in [-0.2, -0.15) is 0 Å². The maximum Gasteiger partial charge on any atom is 0.339 e. The summed E-state index contributed by atoms with van der Waals surface area (Å²) in [5.74, 6) is 0.793. The Hall–Kier alpha value is -1.82. The van der Waals surface area contributed by atoms with Crippen LogP contribution in [-0.4, -0.2) is 54.5 Å². The zero-order chi connectivity index (χ0) is 18.7. The van der Waals surface area contributed by atoms with Crippen molar-refractivity contribution in [3.63, 3.8) is 0 Å². The van der Waals surface area contributed by atoms with Crippen LogP contribution in [0.1, 0.15) is 59.3 Å². The second kappa shape index (κ2) is 8.04. The molecule has 1 aromatic rings. The zero-order valence-electron chi connectivity index (χ0n) is 16.2. The molecular weight excluding hydrogens is 318 g/mol. The highest BCUT2D eigenvalue weighted by Gasteiger charge is 2.25. The summed E-state index contributed by atoms with van der Waals surface area (Å²) in [6.45, 7) is 13.1. The summed E-state index contributed by atoms with van der Waals surface area (Å²) < 4.78 is 4.80. The number of rotatable bonds is 5. The van der Waals surface area contributed by atoms with Crippen molar-refractivity contribution in [3.05, 3.63) is 22.5 Å². The van der Waals surface area contributed by atoms with Gasteiger partial charge in [0.15, 0.2) is 0 Å². The van der Waals surface area contributed by atoms with Gasteiger partial charge in [-0.3, -0.25) is 4.79 Å². The fourth-order valence-electron chi connectivity index (χ4n) is 4.06. The number of amides is 1. The maximum atomic E-state index is 12.6. The molecule has 140 valence electrons. The standard InChI is InChI=1S/C19H31N3O3/c1-11-7-12(2)9-22(8-11)10-13(3)20-18(23)17-14(4)16(15(5)21-17)19(24)25-6/h11-13,21H,7-10H2,1-6H3,(H,20,23)/t11-,12+,13-/m0/s1. The lowest BCUT2D eigenvalue weighted by Gasteiger charge is -2.36. The Morgan fingerprint density at radius 2 is 1.88 bits per heavy atom. The van der Waals surface area contributed by atoms with Gasteiger partial charge >= 0.3 is 5.97 Å². The number of hydrogen-bond donors (Lipinski definition) is 2. The summed E-state index contributed by atoms with van der Waals surface area (Å²) in [5.41, 5.74) is 2.17. The molecule has 0 unspecified atom stereocenters. The molecule has 1 amide bonds. The van der Waals surface area contributed by atoms with Gasteiger partial charge in [-0.1, -0.05) is 13.8 Å². The predicted molar refractivity (Wildman–Crippen MR) is 97.9 cm³/mol. The molecule has 1 aliphatic heterocycles. The van der Waals surface area contributed by atoms with E-state index in [-0.39, 0.29) is 11.9 Å². The molecule has 2 N–H and O–H groups in total. The monoisotopic (exact) mass is 349 g/mol. The number of piperidine rings is 1. The van der Waals surface area contributed by atoms with Crippen LogP contribution in [-0.2, 0) is 4.74 Å². The number of H-pyrrole nitrogens is 1. The average Bonchev–Trinajstić information content (AvgIpc) is 2.80. The van der Waals surface area contributed by atoms with Crippen LogP contribution in [0.15, 0.2) is 0 Å². The van der Waals surface area contributed by atoms with Gasteiger partial charge in [0, 0.05) is 31.4 Å². The second-order valence-corrected chi connectivity index (χ2v) is 7.66. The minimum absolute atomic E-state index is 0.0367. The summed E-state index contributed by atoms with van der Waals surface area (Å²) in [7, 11) is 1.34. The number of nitrogens with zero attached hydrogens (tertiary/aromatic N) is 1. The van der Waals surface area contributed by atoms with Crippen LogP contribution in [0.2, 0.25) is 0 Å². The first-order valence-electron chi connectivity index (χ1n) is 9.03. The van der Waals surface area contributed by atoms with Gasteiger partial charge in [0.1, 0.15) is 5.69 Å². The largest absolute Gasteiger partial charge is 0.465 e. The molecule has 2 heterocycles. The number of aromatic amines is 1. The summed E-state index contributed by atoms with van der Waals surface area (Å²) in [4.78, 5) is 29.9. The van der Waals surface area contributed by atoms with E-state index in [0.29, 0.717) is 34.4 Å². The van der Waals surface area contributed by atoms with Crippen molar-refractivity contribution in [3.8, 4) is 0 Å². The number of esters is 1. The van der Waals surface area contributed by atoms with Crippen molar-refractivity contribution >= 4 is 11.9 Å². The first-order chi connectivity index (χ1) is 11.7. The Kier molecular flexibility index (Phi) is 6.27. The van der Waals surface area contributed by atoms with E-state index in [1.807, 2.05) is 6.92 Å². The van der Waals surface area contributed by atoms with Crippen LogP contribution in [0, 0.1) is 25.7 Å². The molecule has 6 nitrogen and oxygen atoms in total. The Morgan fingerprint density at radius 3 is 2.44 bits per heavy atom. The molecule has 1 fully saturated rings. The molecule has 2 rings (SSSR count). The van der Waals surface area contributed by atoms with Crippen molar-refractivity contribution in [2.75, 3.05) is 26.7 Å². The molecule has 0 spiro atoms. The fourth-order valence-corrected chi connectivity index (χ4v) is 4.06. The van der Waals surface area contributed by atoms with E-state index in [1.54, 1.807) is 13.8 Å². The SMILES string of the molecule is COC(=O)c1c(C)[nH]c(C(=O)N[C@@H](C)CN2C[C@H](C)C[C@H](C)C2)c1C. The molecule has 0 radical (unpaired) electrons. The van der Waals surface area contributed by atoms with Gasteiger partial charge in [-0.15, -0.1) is 0 Å². The van der Waals surface area contributed by atoms with Gasteiger partial charge < -0.3 is 19.9 Å². The fraction of sp³-hybridized carbons (Fsp3) is 0.684. The quantitative estimate of drug-likeness (QED) is 0.801. The summed E-state index contributed by atoms with van der Waals surface area (Å²) in [6, 6.07) is 0.0367. The molecule has 0 saturated carbocycles. The summed E-state index contributed by atoms with van der Waals surface area (Å²) in [5, 5.41) is 3.05. The number of hydrogen-bond acceptors (Lipinski definition) is 4. The summed E-state index contributed by atoms with van der Waals surface area (Å²) >= 11 is 0. The molecule has 0 aliphatic carbocycles. The highest BCUT2D eigenvalue weighted by Crippen LogP contribution is 2.21. The van der Waals surface area contributed by atoms with Crippen molar-refractivity contribution in [1.82, 2.24) is 15.2 Å². The lowest BCUT2D eigenvalue weighted by atomic mass is 9.92. The van der Waals surface area contributed by atoms with Gasteiger partial charge in [0.25, 0.3) is 5.91 Å². The van der Waals surface area contributed by atoms with Crippen LogP contribution in [0.25, 0.3) is 0 Å². The number of carbonyl (C=O) groups excluding carboxylic acids is 2. The van der Waals surface area contributed by atoms with Crippen LogP contribution >= 0.6 is 0 Å². The smallest absolute Gasteiger partial charge is 0.339 e. The molecule has 25 heavy (non-hydrogen) atoms. The van der Waals surface area contributed by atoms with Gasteiger partial charge in [0.05, 0.1) is 12.7 Å². The predicted octanol–water partition coefficient (Wildman–Crippen LogP) is 2.51. The van der Waals surface area contributed by atoms with E-state index in [9.17, 15) is 9.59 Å². The number of nitrogens with one attached hydrogen (secondary N) is 2. The van der Waals surface area contributed by atoms with Gasteiger partial charge in [0.2, 0.25) is 0 Å². The molecule has 0 bridgehead atoms. The molecule has 6 heteroatoms. The highest BCUT2D eigenvalue weighted by atomic mass is 16.5. The van der Waals surface area contributed by atoms with Crippen LogP contribution in [0.5, 0.6) is 0 Å². The van der Waals surface area contributed by atoms with Gasteiger partial charge in [-0.05, 0) is 44.6 Å². The van der Waals surface area contributed by atoms with Crippen molar-refractivity contribution in [1.29, 1.82) is 0 Å². The maximum absolute atomic E-state index is 12.6. The number of carbonyl (C=O) groups is 2. The van der Waals surface area contributed by atoms with Crippen molar-refractivity contribution < 1.29 is 14.3 Å². The molecule has 1 aliphatic rings. The highest BCUT2D eigenvalue weighted by molar-refractivity contribution is 6.00. The number of aromatic nitrogens is 1. The number of ether oxygens (including phenoxy) is 1. The molecule has 1 saturated heterocycles. The summed E-state index contributed by atoms with van der Waals surface area (Å²) in [6.07, 6.45) is 1.27. The van der Waals surface area contributed by atoms with Crippen molar-refractivity contribution in [2.24, 2.45) is 11.8 Å². The van der Waals surface area contributed by atoms with Crippen LogP contribution < -0.4 is 5.32 Å². The Bertz CT molecular complexity index is 628. The third kappa shape index (κ3) is 4.63. The van der Waals surface area contributed by atoms with Crippen LogP contribution in [0.4, 0.5) is 0 Å². The van der Waals surface area contributed by atoms with E-state index < -0.39 is 5.97 Å². The van der Waals surface area contributed by atoms with E-state index >= 15 is 0 Å². The Balaban J connectivity index is 2.01. The minimum atomic E-state index is -0.422. The van der Waals surface area contributed by atoms with Gasteiger partial charge in [-0.25, -0.2) is 4.79 Å². The van der Waals surface area contributed by atoms with E-state index in [2.05, 4.69) is 29.0 Å². The number of likely N-dealkylation sites (tertiary alicyclic amines) is 1. The Morgan fingerprint density at radius 1 is 1.28 bits per heavy atom.